The molecule has 1 saturated heterocycles. The van der Waals surface area contributed by atoms with Crippen molar-refractivity contribution in [3.05, 3.63) is 33.9 Å². The number of piperazine rings is 1. The molecule has 1 atom stereocenters. The number of nitro benzene ring substituents is 1. The second kappa shape index (κ2) is 5.23. The molecule has 1 aliphatic rings. The van der Waals surface area contributed by atoms with E-state index >= 15 is 0 Å². The van der Waals surface area contributed by atoms with E-state index in [-0.39, 0.29) is 17.5 Å². The summed E-state index contributed by atoms with van der Waals surface area (Å²) in [7, 11) is 0. The first-order valence-corrected chi connectivity index (χ1v) is 6.00. The third-order valence-corrected chi connectivity index (χ3v) is 3.18. The van der Waals surface area contributed by atoms with Crippen LogP contribution in [0, 0.1) is 10.1 Å². The zero-order valence-electron chi connectivity index (χ0n) is 10.5. The van der Waals surface area contributed by atoms with Gasteiger partial charge in [-0.3, -0.25) is 14.9 Å². The summed E-state index contributed by atoms with van der Waals surface area (Å²) in [6.07, 6.45) is 0. The molecule has 1 fully saturated rings. The van der Waals surface area contributed by atoms with E-state index in [4.69, 9.17) is 0 Å². The lowest BCUT2D eigenvalue weighted by molar-refractivity contribution is -0.385. The molecule has 0 spiro atoms. The summed E-state index contributed by atoms with van der Waals surface area (Å²) in [5, 5.41) is 23.3. The van der Waals surface area contributed by atoms with Crippen molar-refractivity contribution in [2.45, 2.75) is 13.0 Å². The van der Waals surface area contributed by atoms with Crippen LogP contribution < -0.4 is 5.32 Å². The molecule has 0 aromatic heterocycles. The van der Waals surface area contributed by atoms with Crippen LogP contribution in [0.15, 0.2) is 18.2 Å². The highest BCUT2D eigenvalue weighted by molar-refractivity contribution is 5.95. The van der Waals surface area contributed by atoms with Crippen molar-refractivity contribution in [1.82, 2.24) is 10.2 Å². The van der Waals surface area contributed by atoms with Crippen LogP contribution in [-0.4, -0.2) is 46.5 Å². The topological polar surface area (TPSA) is 95.7 Å². The Hall–Kier alpha value is -2.15. The van der Waals surface area contributed by atoms with E-state index in [1.54, 1.807) is 4.90 Å². The summed E-state index contributed by atoms with van der Waals surface area (Å²) in [6.45, 7) is 3.94. The van der Waals surface area contributed by atoms with Gasteiger partial charge in [-0.2, -0.15) is 0 Å². The van der Waals surface area contributed by atoms with Gasteiger partial charge in [-0.15, -0.1) is 0 Å². The van der Waals surface area contributed by atoms with Gasteiger partial charge >= 0.3 is 5.69 Å². The van der Waals surface area contributed by atoms with Crippen LogP contribution >= 0.6 is 0 Å². The van der Waals surface area contributed by atoms with Crippen molar-refractivity contribution in [1.29, 1.82) is 0 Å². The highest BCUT2D eigenvalue weighted by Gasteiger charge is 2.25. The van der Waals surface area contributed by atoms with Gasteiger partial charge in [0.1, 0.15) is 0 Å². The Morgan fingerprint density at radius 3 is 2.89 bits per heavy atom. The van der Waals surface area contributed by atoms with E-state index in [2.05, 4.69) is 5.32 Å². The van der Waals surface area contributed by atoms with Gasteiger partial charge in [-0.1, -0.05) is 0 Å². The quantitative estimate of drug-likeness (QED) is 0.607. The lowest BCUT2D eigenvalue weighted by atomic mass is 10.1. The Morgan fingerprint density at radius 1 is 1.58 bits per heavy atom. The van der Waals surface area contributed by atoms with Crippen LogP contribution in [0.2, 0.25) is 0 Å². The van der Waals surface area contributed by atoms with E-state index in [9.17, 15) is 20.0 Å². The molecule has 1 heterocycles. The summed E-state index contributed by atoms with van der Waals surface area (Å²) in [5.41, 5.74) is -0.137. The van der Waals surface area contributed by atoms with Gasteiger partial charge in [0.05, 0.1) is 4.92 Å². The molecule has 0 aliphatic carbocycles. The smallest absolute Gasteiger partial charge is 0.310 e. The fourth-order valence-electron chi connectivity index (χ4n) is 2.12. The minimum atomic E-state index is -0.684. The molecule has 1 amide bonds. The number of phenols is 1. The van der Waals surface area contributed by atoms with Gasteiger partial charge in [-0.05, 0) is 19.1 Å². The van der Waals surface area contributed by atoms with E-state index in [0.717, 1.165) is 18.7 Å². The Labute approximate surface area is 110 Å². The number of phenolic OH excluding ortho intramolecular Hbond substituents is 1. The van der Waals surface area contributed by atoms with E-state index in [1.165, 1.54) is 6.07 Å². The molecule has 7 heteroatoms. The van der Waals surface area contributed by atoms with E-state index < -0.39 is 16.4 Å². The predicted octanol–water partition coefficient (Wildman–Crippen LogP) is 0.734. The average Bonchev–Trinajstić information content (AvgIpc) is 2.38. The molecule has 7 nitrogen and oxygen atoms in total. The zero-order chi connectivity index (χ0) is 14.0. The summed E-state index contributed by atoms with van der Waals surface area (Å²) in [5.74, 6) is -0.710. The van der Waals surface area contributed by atoms with Crippen LogP contribution in [-0.2, 0) is 0 Å². The minimum Gasteiger partial charge on any atom is -0.502 e. The number of nitro groups is 1. The second-order valence-electron chi connectivity index (χ2n) is 4.51. The maximum Gasteiger partial charge on any atom is 0.310 e. The fraction of sp³-hybridized carbons (Fsp3) is 0.417. The molecule has 1 aromatic rings. The first-order valence-electron chi connectivity index (χ1n) is 6.00. The number of benzene rings is 1. The van der Waals surface area contributed by atoms with E-state index in [0.29, 0.717) is 13.1 Å². The maximum atomic E-state index is 12.3. The van der Waals surface area contributed by atoms with Crippen molar-refractivity contribution < 1.29 is 14.8 Å². The molecule has 1 aromatic carbocycles. The van der Waals surface area contributed by atoms with Crippen molar-refractivity contribution in [3.8, 4) is 5.75 Å². The Balaban J connectivity index is 2.24. The van der Waals surface area contributed by atoms with Gasteiger partial charge in [0, 0.05) is 37.3 Å². The molecule has 2 rings (SSSR count). The summed E-state index contributed by atoms with van der Waals surface area (Å²) in [6, 6.07) is 3.72. The van der Waals surface area contributed by atoms with Gasteiger partial charge in [0.2, 0.25) is 0 Å². The third-order valence-electron chi connectivity index (χ3n) is 3.18. The molecule has 102 valence electrons. The van der Waals surface area contributed by atoms with Crippen LogP contribution in [0.4, 0.5) is 5.69 Å². The number of aromatic hydroxyl groups is 1. The fourth-order valence-corrected chi connectivity index (χ4v) is 2.12. The second-order valence-corrected chi connectivity index (χ2v) is 4.51. The van der Waals surface area contributed by atoms with Crippen molar-refractivity contribution in [2.75, 3.05) is 19.6 Å². The molecule has 1 aliphatic heterocycles. The molecule has 19 heavy (non-hydrogen) atoms. The number of rotatable bonds is 2. The SMILES string of the molecule is CC1CNCCN1C(=O)c1ccc([N+](=O)[O-])c(O)c1. The van der Waals surface area contributed by atoms with Crippen LogP contribution in [0.25, 0.3) is 0 Å². The minimum absolute atomic E-state index is 0.0542. The zero-order valence-corrected chi connectivity index (χ0v) is 10.5. The van der Waals surface area contributed by atoms with E-state index in [1.807, 2.05) is 6.92 Å². The Morgan fingerprint density at radius 2 is 2.32 bits per heavy atom. The van der Waals surface area contributed by atoms with Crippen molar-refractivity contribution >= 4 is 11.6 Å². The first-order chi connectivity index (χ1) is 9.00. The Kier molecular flexibility index (Phi) is 3.66. The molecule has 0 radical (unpaired) electrons. The van der Waals surface area contributed by atoms with Gasteiger partial charge in [0.25, 0.3) is 5.91 Å². The molecule has 0 bridgehead atoms. The standard InChI is InChI=1S/C12H15N3O4/c1-8-7-13-4-5-14(8)12(17)9-2-3-10(15(18)19)11(16)6-9/h2-3,6,8,13,16H,4-5,7H2,1H3. The van der Waals surface area contributed by atoms with Gasteiger partial charge in [0.15, 0.2) is 5.75 Å². The first kappa shape index (κ1) is 13.3. The molecular formula is C12H15N3O4. The lowest BCUT2D eigenvalue weighted by Gasteiger charge is -2.34. The number of nitrogens with one attached hydrogen (secondary N) is 1. The lowest BCUT2D eigenvalue weighted by Crippen LogP contribution is -2.52. The average molecular weight is 265 g/mol. The Bertz CT molecular complexity index is 518. The summed E-state index contributed by atoms with van der Waals surface area (Å²) in [4.78, 5) is 23.9. The number of hydrogen-bond donors (Lipinski definition) is 2. The van der Waals surface area contributed by atoms with Crippen LogP contribution in [0.5, 0.6) is 5.75 Å². The van der Waals surface area contributed by atoms with Crippen molar-refractivity contribution in [3.63, 3.8) is 0 Å². The number of carbonyl (C=O) groups excluding carboxylic acids is 1. The number of amides is 1. The molecule has 0 saturated carbocycles. The largest absolute Gasteiger partial charge is 0.502 e. The summed E-state index contributed by atoms with van der Waals surface area (Å²) < 4.78 is 0. The molecular weight excluding hydrogens is 250 g/mol. The maximum absolute atomic E-state index is 12.3. The molecule has 2 N–H and O–H groups in total. The number of carbonyl (C=O) groups is 1. The highest BCUT2D eigenvalue weighted by atomic mass is 16.6. The molecule has 1 unspecified atom stereocenters. The normalized spacial score (nSPS) is 19.2. The predicted molar refractivity (Wildman–Crippen MR) is 68.1 cm³/mol. The number of nitrogens with zero attached hydrogens (tertiary/aromatic N) is 2. The van der Waals surface area contributed by atoms with Gasteiger partial charge in [-0.25, -0.2) is 0 Å². The van der Waals surface area contributed by atoms with Crippen molar-refractivity contribution in [2.24, 2.45) is 0 Å². The van der Waals surface area contributed by atoms with Crippen LogP contribution in [0.1, 0.15) is 17.3 Å². The summed E-state index contributed by atoms with van der Waals surface area (Å²) >= 11 is 0. The van der Waals surface area contributed by atoms with Crippen LogP contribution in [0.3, 0.4) is 0 Å². The van der Waals surface area contributed by atoms with Gasteiger partial charge < -0.3 is 15.3 Å². The number of hydrogen-bond acceptors (Lipinski definition) is 5. The highest BCUT2D eigenvalue weighted by Crippen LogP contribution is 2.27. The monoisotopic (exact) mass is 265 g/mol. The third kappa shape index (κ3) is 2.65.